The van der Waals surface area contributed by atoms with E-state index in [9.17, 15) is 9.59 Å². The Morgan fingerprint density at radius 2 is 1.85 bits per heavy atom. The number of rotatable bonds is 6. The molecule has 7 rings (SSSR count). The maximum atomic E-state index is 12.6. The maximum Gasteiger partial charge on any atom is 0.227 e. The molecule has 0 spiro atoms. The number of Topliss-reactive ketones (excluding diaryl/α,β-unsaturated/α-hetero) is 1. The number of imidazole rings is 1. The van der Waals surface area contributed by atoms with Crippen molar-refractivity contribution in [3.05, 3.63) is 65.8 Å². The topological polar surface area (TPSA) is 129 Å². The number of carbonyl (C=O) groups excluding carboxylic acids is 2. The van der Waals surface area contributed by atoms with Crippen molar-refractivity contribution in [2.75, 3.05) is 5.32 Å². The number of fused-ring (bicyclic) bond motifs is 2. The van der Waals surface area contributed by atoms with Crippen molar-refractivity contribution in [2.45, 2.75) is 32.6 Å². The molecule has 5 heterocycles. The number of H-pyrrole nitrogens is 2. The van der Waals surface area contributed by atoms with Gasteiger partial charge in [-0.1, -0.05) is 25.0 Å². The minimum Gasteiger partial charge on any atom is -0.336 e. The molecule has 1 aliphatic carbocycles. The fourth-order valence-electron chi connectivity index (χ4n) is 5.32. The molecule has 0 bridgehead atoms. The van der Waals surface area contributed by atoms with Gasteiger partial charge < -0.3 is 10.3 Å². The summed E-state index contributed by atoms with van der Waals surface area (Å²) < 4.78 is 0. The molecule has 0 saturated heterocycles. The van der Waals surface area contributed by atoms with E-state index in [1.807, 2.05) is 48.5 Å². The predicted octanol–water partition coefficient (Wildman–Crippen LogP) is 6.62. The minimum absolute atomic E-state index is 0.0490. The van der Waals surface area contributed by atoms with Crippen LogP contribution >= 0.6 is 11.3 Å². The third-order valence-corrected chi connectivity index (χ3v) is 8.61. The number of benzene rings is 1. The van der Waals surface area contributed by atoms with Crippen LogP contribution in [0.2, 0.25) is 0 Å². The second-order valence-corrected chi connectivity index (χ2v) is 11.2. The highest BCUT2D eigenvalue weighted by molar-refractivity contribution is 7.17. The zero-order valence-corrected chi connectivity index (χ0v) is 22.5. The lowest BCUT2D eigenvalue weighted by molar-refractivity contribution is -0.119. The zero-order chi connectivity index (χ0) is 27.2. The fraction of sp³-hybridized carbons (Fsp3) is 0.200. The first-order chi connectivity index (χ1) is 19.5. The summed E-state index contributed by atoms with van der Waals surface area (Å²) in [5.74, 6) is 0.776. The number of pyridine rings is 2. The van der Waals surface area contributed by atoms with Crippen LogP contribution in [0, 0.1) is 5.92 Å². The summed E-state index contributed by atoms with van der Waals surface area (Å²) in [7, 11) is 0. The van der Waals surface area contributed by atoms with Gasteiger partial charge in [0, 0.05) is 28.1 Å². The van der Waals surface area contributed by atoms with Crippen molar-refractivity contribution in [1.82, 2.24) is 30.1 Å². The van der Waals surface area contributed by atoms with Crippen LogP contribution < -0.4 is 5.32 Å². The predicted molar refractivity (Wildman–Crippen MR) is 156 cm³/mol. The number of amides is 1. The Labute approximate surface area is 233 Å². The molecule has 1 fully saturated rings. The van der Waals surface area contributed by atoms with Crippen LogP contribution in [0.4, 0.5) is 5.69 Å². The molecule has 0 atom stereocenters. The number of thiophene rings is 1. The summed E-state index contributed by atoms with van der Waals surface area (Å²) in [6.45, 7) is 1.58. The van der Waals surface area contributed by atoms with Crippen LogP contribution in [-0.4, -0.2) is 41.8 Å². The summed E-state index contributed by atoms with van der Waals surface area (Å²) in [4.78, 5) is 43.7. The standard InChI is InChI=1S/C30H25N7O2S/c1-16(38)24-11-12-25(40-24)20-7-4-8-22-26(20)35-29(34-22)28-27-23(36-37-28)10-9-21(33-27)18-13-19(15-31-14-18)32-30(39)17-5-2-3-6-17/h4,7-15,17H,2-3,5-6H2,1H3,(H,32,39)(H,34,35)(H,36,37). The van der Waals surface area contributed by atoms with E-state index in [2.05, 4.69) is 25.5 Å². The van der Waals surface area contributed by atoms with Crippen LogP contribution in [0.1, 0.15) is 42.3 Å². The van der Waals surface area contributed by atoms with E-state index in [1.165, 1.54) is 11.3 Å². The molecule has 0 unspecified atom stereocenters. The molecule has 0 radical (unpaired) electrons. The molecule has 1 aromatic carbocycles. The molecule has 10 heteroatoms. The maximum absolute atomic E-state index is 12.6. The molecule has 5 aromatic heterocycles. The number of hydrogen-bond donors (Lipinski definition) is 3. The van der Waals surface area contributed by atoms with Gasteiger partial charge in [0.2, 0.25) is 5.91 Å². The zero-order valence-electron chi connectivity index (χ0n) is 21.7. The Hall–Kier alpha value is -4.70. The lowest BCUT2D eigenvalue weighted by Crippen LogP contribution is -2.20. The van der Waals surface area contributed by atoms with Gasteiger partial charge in [0.25, 0.3) is 0 Å². The van der Waals surface area contributed by atoms with Crippen molar-refractivity contribution in [3.8, 4) is 33.2 Å². The average molecular weight is 548 g/mol. The number of nitrogens with one attached hydrogen (secondary N) is 3. The minimum atomic E-state index is 0.0490. The Balaban J connectivity index is 1.24. The molecule has 0 aliphatic heterocycles. The molecule has 1 aliphatic rings. The number of hydrogen-bond acceptors (Lipinski definition) is 7. The first kappa shape index (κ1) is 24.3. The molecule has 198 valence electrons. The van der Waals surface area contributed by atoms with Crippen LogP contribution in [0.3, 0.4) is 0 Å². The van der Waals surface area contributed by atoms with Crippen LogP contribution in [0.15, 0.2) is 60.9 Å². The number of ketones is 1. The van der Waals surface area contributed by atoms with Crippen LogP contribution in [0.5, 0.6) is 0 Å². The monoisotopic (exact) mass is 547 g/mol. The van der Waals surface area contributed by atoms with E-state index in [1.54, 1.807) is 19.3 Å². The van der Waals surface area contributed by atoms with Crippen molar-refractivity contribution >= 4 is 50.8 Å². The molecule has 40 heavy (non-hydrogen) atoms. The van der Waals surface area contributed by atoms with Gasteiger partial charge in [0.05, 0.1) is 39.0 Å². The quantitative estimate of drug-likeness (QED) is 0.201. The van der Waals surface area contributed by atoms with Gasteiger partial charge in [-0.05, 0) is 56.2 Å². The van der Waals surface area contributed by atoms with Crippen LogP contribution in [-0.2, 0) is 4.79 Å². The number of para-hydroxylation sites is 1. The van der Waals surface area contributed by atoms with Crippen molar-refractivity contribution < 1.29 is 9.59 Å². The Morgan fingerprint density at radius 1 is 0.975 bits per heavy atom. The fourth-order valence-corrected chi connectivity index (χ4v) is 6.25. The van der Waals surface area contributed by atoms with Gasteiger partial charge in [0.15, 0.2) is 17.3 Å². The van der Waals surface area contributed by atoms with Gasteiger partial charge in [-0.2, -0.15) is 5.10 Å². The highest BCUT2D eigenvalue weighted by Crippen LogP contribution is 2.35. The first-order valence-corrected chi connectivity index (χ1v) is 14.1. The van der Waals surface area contributed by atoms with E-state index in [0.29, 0.717) is 28.4 Å². The number of aromatic nitrogens is 6. The molecule has 1 saturated carbocycles. The van der Waals surface area contributed by atoms with E-state index in [-0.39, 0.29) is 17.6 Å². The number of anilines is 1. The van der Waals surface area contributed by atoms with E-state index in [0.717, 1.165) is 63.1 Å². The van der Waals surface area contributed by atoms with E-state index < -0.39 is 0 Å². The third-order valence-electron chi connectivity index (χ3n) is 7.39. The Morgan fingerprint density at radius 3 is 2.67 bits per heavy atom. The molecule has 9 nitrogen and oxygen atoms in total. The molecule has 6 aromatic rings. The molecule has 1 amide bonds. The van der Waals surface area contributed by atoms with E-state index in [4.69, 9.17) is 9.97 Å². The molecular weight excluding hydrogens is 522 g/mol. The Kier molecular flexibility index (Phi) is 5.96. The Bertz CT molecular complexity index is 1910. The van der Waals surface area contributed by atoms with Gasteiger partial charge >= 0.3 is 0 Å². The van der Waals surface area contributed by atoms with Gasteiger partial charge in [-0.15, -0.1) is 11.3 Å². The lowest BCUT2D eigenvalue weighted by atomic mass is 10.1. The van der Waals surface area contributed by atoms with Crippen molar-refractivity contribution in [1.29, 1.82) is 0 Å². The third kappa shape index (κ3) is 4.36. The molecule has 3 N–H and O–H groups in total. The summed E-state index contributed by atoms with van der Waals surface area (Å²) in [5.41, 5.74) is 6.85. The van der Waals surface area contributed by atoms with E-state index >= 15 is 0 Å². The summed E-state index contributed by atoms with van der Waals surface area (Å²) >= 11 is 1.46. The number of carbonyl (C=O) groups is 2. The second-order valence-electron chi connectivity index (χ2n) is 10.1. The largest absolute Gasteiger partial charge is 0.336 e. The smallest absolute Gasteiger partial charge is 0.227 e. The van der Waals surface area contributed by atoms with Gasteiger partial charge in [-0.3, -0.25) is 19.7 Å². The van der Waals surface area contributed by atoms with Crippen molar-refractivity contribution in [2.24, 2.45) is 5.92 Å². The normalized spacial score (nSPS) is 13.8. The lowest BCUT2D eigenvalue weighted by Gasteiger charge is -2.11. The first-order valence-electron chi connectivity index (χ1n) is 13.2. The molecular formula is C30H25N7O2S. The number of nitrogens with zero attached hydrogens (tertiary/aromatic N) is 4. The summed E-state index contributed by atoms with van der Waals surface area (Å²) in [6, 6.07) is 15.5. The summed E-state index contributed by atoms with van der Waals surface area (Å²) in [6.07, 6.45) is 7.50. The average Bonchev–Trinajstić information content (AvgIpc) is 3.78. The highest BCUT2D eigenvalue weighted by Gasteiger charge is 2.23. The SMILES string of the molecule is CC(=O)c1ccc(-c2cccc3[nH]c(-c4n[nH]c5ccc(-c6cncc(NC(=O)C7CCCC7)c6)nc45)nc23)s1. The van der Waals surface area contributed by atoms with Gasteiger partial charge in [0.1, 0.15) is 5.52 Å². The van der Waals surface area contributed by atoms with Crippen LogP contribution in [0.25, 0.3) is 55.3 Å². The highest BCUT2D eigenvalue weighted by atomic mass is 32.1. The summed E-state index contributed by atoms with van der Waals surface area (Å²) in [5, 5.41) is 10.6. The van der Waals surface area contributed by atoms with Gasteiger partial charge in [-0.25, -0.2) is 9.97 Å². The second kappa shape index (κ2) is 9.80. The van der Waals surface area contributed by atoms with Crippen molar-refractivity contribution in [3.63, 3.8) is 0 Å². The number of aromatic amines is 2.